The quantitative estimate of drug-likeness (QED) is 0.0352. The molecular formula is C51H101O8P. The van der Waals surface area contributed by atoms with E-state index in [1.807, 2.05) is 0 Å². The minimum atomic E-state index is -4.75. The highest BCUT2D eigenvalue weighted by Gasteiger charge is 2.23. The molecular weight excluding hydrogens is 772 g/mol. The van der Waals surface area contributed by atoms with Crippen LogP contribution in [0.5, 0.6) is 0 Å². The zero-order valence-electron chi connectivity index (χ0n) is 39.9. The molecule has 0 heterocycles. The molecule has 0 spiro atoms. The largest absolute Gasteiger partial charge is 0.469 e. The molecule has 0 saturated heterocycles. The van der Waals surface area contributed by atoms with E-state index >= 15 is 0 Å². The molecule has 0 aromatic carbocycles. The number of carbonyl (C=O) groups excluding carboxylic acids is 2. The van der Waals surface area contributed by atoms with Gasteiger partial charge in [0.15, 0.2) is 6.10 Å². The van der Waals surface area contributed by atoms with Gasteiger partial charge >= 0.3 is 19.8 Å². The first-order chi connectivity index (χ1) is 29.3. The molecule has 8 nitrogen and oxygen atoms in total. The molecule has 0 aromatic rings. The maximum atomic E-state index is 12.5. The molecule has 0 bridgehead atoms. The number of ether oxygens (including phenoxy) is 2. The lowest BCUT2D eigenvalue weighted by Crippen LogP contribution is -2.29. The van der Waals surface area contributed by atoms with E-state index in [9.17, 15) is 14.2 Å². The number of rotatable bonds is 50. The van der Waals surface area contributed by atoms with E-state index in [-0.39, 0.29) is 19.4 Å². The van der Waals surface area contributed by atoms with E-state index < -0.39 is 32.5 Å². The monoisotopic (exact) mass is 873 g/mol. The Morgan fingerprint density at radius 2 is 0.600 bits per heavy atom. The molecule has 0 radical (unpaired) electrons. The van der Waals surface area contributed by atoms with Crippen molar-refractivity contribution < 1.29 is 37.9 Å². The van der Waals surface area contributed by atoms with Crippen LogP contribution >= 0.6 is 7.82 Å². The summed E-state index contributed by atoms with van der Waals surface area (Å²) in [7, 11) is -4.75. The molecule has 1 atom stereocenters. The Morgan fingerprint density at radius 1 is 0.367 bits per heavy atom. The third kappa shape index (κ3) is 49.7. The number of phosphoric ester groups is 1. The first kappa shape index (κ1) is 59.0. The highest BCUT2D eigenvalue weighted by molar-refractivity contribution is 7.46. The van der Waals surface area contributed by atoms with Crippen LogP contribution in [0.25, 0.3) is 0 Å². The molecule has 0 amide bonds. The van der Waals surface area contributed by atoms with Crippen LogP contribution < -0.4 is 0 Å². The Balaban J connectivity index is 3.74. The zero-order valence-corrected chi connectivity index (χ0v) is 40.8. The Hall–Kier alpha value is -0.950. The number of carbonyl (C=O) groups is 2. The minimum absolute atomic E-state index is 0.221. The van der Waals surface area contributed by atoms with Crippen molar-refractivity contribution in [1.29, 1.82) is 0 Å². The van der Waals surface area contributed by atoms with Crippen molar-refractivity contribution in [3.63, 3.8) is 0 Å². The minimum Gasteiger partial charge on any atom is -0.462 e. The Bertz CT molecular complexity index is 940. The van der Waals surface area contributed by atoms with Crippen LogP contribution in [0.3, 0.4) is 0 Å². The molecule has 60 heavy (non-hydrogen) atoms. The normalized spacial score (nSPS) is 12.3. The molecule has 0 rings (SSSR count). The summed E-state index contributed by atoms with van der Waals surface area (Å²) in [6, 6.07) is 0. The van der Waals surface area contributed by atoms with Crippen LogP contribution in [0, 0.1) is 0 Å². The maximum absolute atomic E-state index is 12.5. The topological polar surface area (TPSA) is 119 Å². The van der Waals surface area contributed by atoms with Gasteiger partial charge in [0, 0.05) is 12.8 Å². The molecule has 2 N–H and O–H groups in total. The maximum Gasteiger partial charge on any atom is 0.469 e. The van der Waals surface area contributed by atoms with Crippen molar-refractivity contribution in [1.82, 2.24) is 0 Å². The third-order valence-corrected chi connectivity index (χ3v) is 12.6. The number of phosphoric acid groups is 1. The van der Waals surface area contributed by atoms with E-state index in [4.69, 9.17) is 19.3 Å². The van der Waals surface area contributed by atoms with Gasteiger partial charge in [-0.05, 0) is 12.8 Å². The van der Waals surface area contributed by atoms with Crippen LogP contribution in [0.15, 0.2) is 0 Å². The standard InChI is InChI=1S/C51H101O8P/c1-3-5-7-9-11-13-15-17-19-21-23-25-26-28-30-32-34-36-38-40-42-44-46-51(53)59-49(48-58-60(54,55)56)47-57-50(52)45-43-41-39-37-35-33-31-29-27-24-22-20-18-16-14-12-10-8-6-4-2/h49H,3-48H2,1-2H3,(H2,54,55,56). The number of hydrogen-bond donors (Lipinski definition) is 2. The van der Waals surface area contributed by atoms with Gasteiger partial charge in [0.05, 0.1) is 6.61 Å². The van der Waals surface area contributed by atoms with Gasteiger partial charge in [-0.2, -0.15) is 0 Å². The van der Waals surface area contributed by atoms with Crippen LogP contribution in [0.4, 0.5) is 0 Å². The van der Waals surface area contributed by atoms with Gasteiger partial charge in [-0.3, -0.25) is 14.1 Å². The van der Waals surface area contributed by atoms with Gasteiger partial charge in [-0.1, -0.05) is 271 Å². The van der Waals surface area contributed by atoms with Crippen LogP contribution in [-0.2, 0) is 28.2 Å². The zero-order chi connectivity index (χ0) is 43.9. The molecule has 0 aliphatic rings. The first-order valence-electron chi connectivity index (χ1n) is 26.3. The second-order valence-corrected chi connectivity index (χ2v) is 19.5. The van der Waals surface area contributed by atoms with Gasteiger partial charge in [-0.15, -0.1) is 0 Å². The highest BCUT2D eigenvalue weighted by Crippen LogP contribution is 2.36. The Kier molecular flexibility index (Phi) is 46.8. The van der Waals surface area contributed by atoms with Crippen LogP contribution in [0.1, 0.15) is 296 Å². The van der Waals surface area contributed by atoms with Gasteiger partial charge in [0.1, 0.15) is 6.61 Å². The van der Waals surface area contributed by atoms with Crippen molar-refractivity contribution >= 4 is 19.8 Å². The lowest BCUT2D eigenvalue weighted by Gasteiger charge is -2.18. The van der Waals surface area contributed by atoms with Crippen LogP contribution in [0.2, 0.25) is 0 Å². The fourth-order valence-corrected chi connectivity index (χ4v) is 8.56. The molecule has 0 fully saturated rings. The molecule has 0 aromatic heterocycles. The molecule has 0 aliphatic heterocycles. The SMILES string of the molecule is CCCCCCCCCCCCCCCCCCCCCCCCC(=O)OC(COC(=O)CCCCCCCCCCCCCCCCCCCCCC)COP(=O)(O)O. The average molecular weight is 873 g/mol. The van der Waals surface area contributed by atoms with Gasteiger partial charge in [0.2, 0.25) is 0 Å². The Morgan fingerprint density at radius 3 is 0.850 bits per heavy atom. The third-order valence-electron chi connectivity index (χ3n) is 12.1. The molecule has 0 aliphatic carbocycles. The molecule has 0 saturated carbocycles. The molecule has 9 heteroatoms. The van der Waals surface area contributed by atoms with Crippen molar-refractivity contribution in [2.75, 3.05) is 13.2 Å². The second-order valence-electron chi connectivity index (χ2n) is 18.2. The summed E-state index contributed by atoms with van der Waals surface area (Å²) in [6.07, 6.45) is 54.1. The van der Waals surface area contributed by atoms with E-state index in [2.05, 4.69) is 18.4 Å². The number of esters is 2. The summed E-state index contributed by atoms with van der Waals surface area (Å²) in [5.74, 6) is -0.859. The van der Waals surface area contributed by atoms with Gasteiger partial charge in [-0.25, -0.2) is 4.57 Å². The average Bonchev–Trinajstić information content (AvgIpc) is 3.22. The van der Waals surface area contributed by atoms with E-state index in [0.29, 0.717) is 6.42 Å². The van der Waals surface area contributed by atoms with Gasteiger partial charge < -0.3 is 19.3 Å². The predicted molar refractivity (Wildman–Crippen MR) is 253 cm³/mol. The lowest BCUT2D eigenvalue weighted by atomic mass is 10.0. The smallest absolute Gasteiger partial charge is 0.462 e. The summed E-state index contributed by atoms with van der Waals surface area (Å²) in [5.41, 5.74) is 0. The fourth-order valence-electron chi connectivity index (χ4n) is 8.20. The predicted octanol–water partition coefficient (Wildman–Crippen LogP) is 16.8. The summed E-state index contributed by atoms with van der Waals surface area (Å²) in [5, 5.41) is 0. The molecule has 358 valence electrons. The Labute approximate surface area is 372 Å². The number of unbranched alkanes of at least 4 members (excludes halogenated alkanes) is 40. The van der Waals surface area contributed by atoms with E-state index in [1.54, 1.807) is 0 Å². The second kappa shape index (κ2) is 47.5. The van der Waals surface area contributed by atoms with Crippen molar-refractivity contribution in [3.05, 3.63) is 0 Å². The van der Waals surface area contributed by atoms with Crippen molar-refractivity contribution in [2.24, 2.45) is 0 Å². The summed E-state index contributed by atoms with van der Waals surface area (Å²) >= 11 is 0. The van der Waals surface area contributed by atoms with E-state index in [1.165, 1.54) is 231 Å². The highest BCUT2D eigenvalue weighted by atomic mass is 31.2. The fraction of sp³-hybridized carbons (Fsp3) is 0.961. The number of hydrogen-bond acceptors (Lipinski definition) is 6. The van der Waals surface area contributed by atoms with Crippen molar-refractivity contribution in [3.8, 4) is 0 Å². The summed E-state index contributed by atoms with van der Waals surface area (Å²) in [6.45, 7) is 3.76. The van der Waals surface area contributed by atoms with E-state index in [0.717, 1.165) is 32.1 Å². The summed E-state index contributed by atoms with van der Waals surface area (Å²) < 4.78 is 26.6. The van der Waals surface area contributed by atoms with Crippen LogP contribution in [-0.4, -0.2) is 41.0 Å². The lowest BCUT2D eigenvalue weighted by molar-refractivity contribution is -0.161. The first-order valence-corrected chi connectivity index (χ1v) is 27.9. The molecule has 1 unspecified atom stereocenters. The van der Waals surface area contributed by atoms with Gasteiger partial charge in [0.25, 0.3) is 0 Å². The summed E-state index contributed by atoms with van der Waals surface area (Å²) in [4.78, 5) is 43.1. The van der Waals surface area contributed by atoms with Crippen molar-refractivity contribution in [2.45, 2.75) is 302 Å².